The van der Waals surface area contributed by atoms with E-state index in [9.17, 15) is 4.79 Å². The number of aryl methyl sites for hydroxylation is 1. The largest absolute Gasteiger partial charge is 0.490 e. The number of amides is 1. The molecular weight excluding hydrogens is 316 g/mol. The van der Waals surface area contributed by atoms with Gasteiger partial charge in [0.25, 0.3) is 5.91 Å². The highest BCUT2D eigenvalue weighted by Crippen LogP contribution is 2.25. The molecule has 0 fully saturated rings. The number of anilines is 1. The van der Waals surface area contributed by atoms with Crippen LogP contribution in [0.2, 0.25) is 0 Å². The molecule has 0 aliphatic heterocycles. The lowest BCUT2D eigenvalue weighted by atomic mass is 10.1. The van der Waals surface area contributed by atoms with Gasteiger partial charge in [-0.3, -0.25) is 10.2 Å². The fraction of sp³-hybridized carbons (Fsp3) is 0.200. The molecule has 1 aromatic heterocycles. The summed E-state index contributed by atoms with van der Waals surface area (Å²) in [6.45, 7) is 4.46. The Labute approximate surface area is 145 Å². The second-order valence-corrected chi connectivity index (χ2v) is 5.60. The third-order valence-electron chi connectivity index (χ3n) is 3.92. The van der Waals surface area contributed by atoms with Gasteiger partial charge in [-0.25, -0.2) is 0 Å². The van der Waals surface area contributed by atoms with Gasteiger partial charge in [-0.2, -0.15) is 0 Å². The number of hydrogen-bond acceptors (Lipinski definition) is 4. The molecule has 3 aromatic rings. The summed E-state index contributed by atoms with van der Waals surface area (Å²) in [5.74, 6) is 0.192. The number of nitrogens with one attached hydrogen (secondary N) is 2. The first kappa shape index (κ1) is 16.8. The van der Waals surface area contributed by atoms with Crippen LogP contribution in [0.3, 0.4) is 0 Å². The number of rotatable bonds is 5. The van der Waals surface area contributed by atoms with E-state index in [0.717, 1.165) is 6.42 Å². The van der Waals surface area contributed by atoms with Gasteiger partial charge < -0.3 is 14.5 Å². The molecule has 0 spiro atoms. The first-order valence-electron chi connectivity index (χ1n) is 8.27. The number of benzene rings is 2. The zero-order valence-corrected chi connectivity index (χ0v) is 14.3. The van der Waals surface area contributed by atoms with Crippen LogP contribution in [-0.4, -0.2) is 12.5 Å². The van der Waals surface area contributed by atoms with Gasteiger partial charge >= 0.3 is 0 Å². The van der Waals surface area contributed by atoms with E-state index in [1.54, 1.807) is 12.1 Å². The molecule has 1 heterocycles. The van der Waals surface area contributed by atoms with Crippen LogP contribution in [0.5, 0.6) is 5.75 Å². The maximum atomic E-state index is 12.5. The Morgan fingerprint density at radius 2 is 1.92 bits per heavy atom. The van der Waals surface area contributed by atoms with Crippen molar-refractivity contribution >= 4 is 22.6 Å². The zero-order chi connectivity index (χ0) is 17.8. The van der Waals surface area contributed by atoms with Crippen molar-refractivity contribution in [2.45, 2.75) is 20.3 Å². The lowest BCUT2D eigenvalue weighted by Gasteiger charge is -2.09. The number of carbonyl (C=O) groups is 1. The molecule has 0 saturated heterocycles. The number of fused-ring (bicyclic) bond motifs is 1. The van der Waals surface area contributed by atoms with Crippen molar-refractivity contribution in [3.8, 4) is 5.75 Å². The zero-order valence-electron chi connectivity index (χ0n) is 14.3. The van der Waals surface area contributed by atoms with Crippen molar-refractivity contribution in [3.63, 3.8) is 0 Å². The second-order valence-electron chi connectivity index (χ2n) is 5.60. The Bertz CT molecular complexity index is 959. The molecular formula is C20H20N2O3. The van der Waals surface area contributed by atoms with Crippen molar-refractivity contribution in [2.75, 3.05) is 11.9 Å². The summed E-state index contributed by atoms with van der Waals surface area (Å²) < 4.78 is 11.1. The summed E-state index contributed by atoms with van der Waals surface area (Å²) in [7, 11) is 0. The van der Waals surface area contributed by atoms with Crippen molar-refractivity contribution in [3.05, 3.63) is 65.2 Å². The first-order valence-corrected chi connectivity index (χ1v) is 8.27. The molecule has 128 valence electrons. The average Bonchev–Trinajstić information content (AvgIpc) is 2.62. The van der Waals surface area contributed by atoms with Gasteiger partial charge in [0.05, 0.1) is 6.61 Å². The van der Waals surface area contributed by atoms with Crippen LogP contribution in [0.15, 0.2) is 52.9 Å². The van der Waals surface area contributed by atoms with E-state index in [-0.39, 0.29) is 17.0 Å². The third-order valence-corrected chi connectivity index (χ3v) is 3.92. The van der Waals surface area contributed by atoms with Crippen LogP contribution in [0.25, 0.3) is 11.0 Å². The molecule has 0 aliphatic carbocycles. The summed E-state index contributed by atoms with van der Waals surface area (Å²) in [6.07, 6.45) is 0.941. The first-order chi connectivity index (χ1) is 12.1. The number of hydrogen-bond donors (Lipinski definition) is 2. The highest BCUT2D eigenvalue weighted by Gasteiger charge is 2.14. The Hall–Kier alpha value is -3.08. The normalized spacial score (nSPS) is 10.6. The Morgan fingerprint density at radius 3 is 2.60 bits per heavy atom. The molecule has 5 nitrogen and oxygen atoms in total. The maximum absolute atomic E-state index is 12.5. The van der Waals surface area contributed by atoms with E-state index in [4.69, 9.17) is 14.6 Å². The monoisotopic (exact) mass is 336 g/mol. The minimum absolute atomic E-state index is 0.181. The second kappa shape index (κ2) is 7.21. The molecule has 0 saturated carbocycles. The maximum Gasteiger partial charge on any atom is 0.261 e. The molecule has 0 bridgehead atoms. The van der Waals surface area contributed by atoms with Crippen LogP contribution in [0.1, 0.15) is 29.8 Å². The Balaban J connectivity index is 1.93. The Kier molecular flexibility index (Phi) is 4.84. The SMILES string of the molecule is CCOc1cccc2cc(C(=O)Nc3ccc(CC)cc3)c(=N)oc12. The molecule has 0 atom stereocenters. The lowest BCUT2D eigenvalue weighted by molar-refractivity contribution is 0.102. The van der Waals surface area contributed by atoms with E-state index in [1.807, 2.05) is 43.3 Å². The summed E-state index contributed by atoms with van der Waals surface area (Å²) in [5.41, 5.74) is 2.34. The van der Waals surface area contributed by atoms with Crippen LogP contribution >= 0.6 is 0 Å². The van der Waals surface area contributed by atoms with Crippen LogP contribution in [0, 0.1) is 5.41 Å². The molecule has 3 rings (SSSR count). The smallest absolute Gasteiger partial charge is 0.261 e. The van der Waals surface area contributed by atoms with Gasteiger partial charge in [0.2, 0.25) is 5.55 Å². The van der Waals surface area contributed by atoms with E-state index < -0.39 is 0 Å². The van der Waals surface area contributed by atoms with E-state index in [1.165, 1.54) is 5.56 Å². The summed E-state index contributed by atoms with van der Waals surface area (Å²) in [4.78, 5) is 12.5. The van der Waals surface area contributed by atoms with Crippen molar-refractivity contribution < 1.29 is 13.9 Å². The van der Waals surface area contributed by atoms with E-state index >= 15 is 0 Å². The molecule has 0 unspecified atom stereocenters. The molecule has 0 aliphatic rings. The number of ether oxygens (including phenoxy) is 1. The van der Waals surface area contributed by atoms with Gasteiger partial charge in [-0.05, 0) is 43.2 Å². The molecule has 5 heteroatoms. The molecule has 1 amide bonds. The fourth-order valence-corrected chi connectivity index (χ4v) is 2.59. The van der Waals surface area contributed by atoms with E-state index in [2.05, 4.69) is 12.2 Å². The summed E-state index contributed by atoms with van der Waals surface area (Å²) in [5, 5.41) is 11.6. The minimum atomic E-state index is -0.373. The quantitative estimate of drug-likeness (QED) is 0.736. The third kappa shape index (κ3) is 3.55. The minimum Gasteiger partial charge on any atom is -0.490 e. The van der Waals surface area contributed by atoms with Crippen LogP contribution < -0.4 is 15.6 Å². The summed E-state index contributed by atoms with van der Waals surface area (Å²) >= 11 is 0. The van der Waals surface area contributed by atoms with Gasteiger partial charge in [0.1, 0.15) is 5.56 Å². The lowest BCUT2D eigenvalue weighted by Crippen LogP contribution is -2.20. The van der Waals surface area contributed by atoms with E-state index in [0.29, 0.717) is 29.0 Å². The highest BCUT2D eigenvalue weighted by molar-refractivity contribution is 6.05. The van der Waals surface area contributed by atoms with Crippen molar-refractivity contribution in [1.82, 2.24) is 0 Å². The molecule has 2 N–H and O–H groups in total. The van der Waals surface area contributed by atoms with Gasteiger partial charge in [-0.1, -0.05) is 31.2 Å². The van der Waals surface area contributed by atoms with Crippen LogP contribution in [0.4, 0.5) is 5.69 Å². The standard InChI is InChI=1S/C20H20N2O3/c1-3-13-8-10-15(11-9-13)22-20(23)16-12-14-6-5-7-17(24-4-2)18(14)25-19(16)21/h5-12,21H,3-4H2,1-2H3,(H,22,23). The van der Waals surface area contributed by atoms with Gasteiger partial charge in [0, 0.05) is 11.1 Å². The number of carbonyl (C=O) groups excluding carboxylic acids is 1. The fourth-order valence-electron chi connectivity index (χ4n) is 2.59. The molecule has 25 heavy (non-hydrogen) atoms. The topological polar surface area (TPSA) is 75.3 Å². The Morgan fingerprint density at radius 1 is 1.16 bits per heavy atom. The molecule has 2 aromatic carbocycles. The molecule has 0 radical (unpaired) electrons. The predicted octanol–water partition coefficient (Wildman–Crippen LogP) is 4.13. The number of para-hydroxylation sites is 1. The predicted molar refractivity (Wildman–Crippen MR) is 97.0 cm³/mol. The van der Waals surface area contributed by atoms with Gasteiger partial charge in [0.15, 0.2) is 11.3 Å². The average molecular weight is 336 g/mol. The van der Waals surface area contributed by atoms with Crippen LogP contribution in [-0.2, 0) is 6.42 Å². The highest BCUT2D eigenvalue weighted by atomic mass is 16.5. The summed E-state index contributed by atoms with van der Waals surface area (Å²) in [6, 6.07) is 14.7. The van der Waals surface area contributed by atoms with Crippen molar-refractivity contribution in [1.29, 1.82) is 5.41 Å². The van der Waals surface area contributed by atoms with Gasteiger partial charge in [-0.15, -0.1) is 0 Å². The van der Waals surface area contributed by atoms with Crippen molar-refractivity contribution in [2.24, 2.45) is 0 Å².